The maximum Gasteiger partial charge on any atom is 0.334 e. The number of carboxylic acids is 1. The average molecular weight is 472 g/mol. The number of aliphatic carboxylic acids is 1. The van der Waals surface area contributed by atoms with Gasteiger partial charge >= 0.3 is 5.97 Å². The molecule has 1 aromatic heterocycles. The lowest BCUT2D eigenvalue weighted by Crippen LogP contribution is -2.51. The molecule has 5 rings (SSSR count). The van der Waals surface area contributed by atoms with Gasteiger partial charge in [0.15, 0.2) is 10.7 Å². The van der Waals surface area contributed by atoms with Gasteiger partial charge in [-0.25, -0.2) is 9.78 Å². The second kappa shape index (κ2) is 8.99. The van der Waals surface area contributed by atoms with Crippen LogP contribution in [0, 0.1) is 0 Å². The van der Waals surface area contributed by atoms with Crippen molar-refractivity contribution in [1.29, 1.82) is 0 Å². The van der Waals surface area contributed by atoms with Crippen LogP contribution < -0.4 is 0 Å². The van der Waals surface area contributed by atoms with E-state index in [9.17, 15) is 14.7 Å². The number of hydrogen-bond donors (Lipinski definition) is 1. The Morgan fingerprint density at radius 1 is 1.00 bits per heavy atom. The number of aryl methyl sites for hydroxylation is 1. The lowest BCUT2D eigenvalue weighted by atomic mass is 9.82. The highest BCUT2D eigenvalue weighted by molar-refractivity contribution is 7.99. The first-order valence-corrected chi connectivity index (χ1v) is 12.2. The van der Waals surface area contributed by atoms with E-state index >= 15 is 0 Å². The predicted octanol–water partition coefficient (Wildman–Crippen LogP) is 4.93. The first-order valence-electron chi connectivity index (χ1n) is 11.3. The number of fused-ring (bicyclic) bond motifs is 1. The van der Waals surface area contributed by atoms with Crippen LogP contribution in [0.15, 0.2) is 84.0 Å². The van der Waals surface area contributed by atoms with Crippen molar-refractivity contribution in [2.24, 2.45) is 7.05 Å². The Kier molecular flexibility index (Phi) is 5.87. The van der Waals surface area contributed by atoms with Crippen molar-refractivity contribution in [2.45, 2.75) is 23.5 Å². The van der Waals surface area contributed by atoms with Gasteiger partial charge in [-0.2, -0.15) is 0 Å². The number of nitrogens with zero attached hydrogens (tertiary/aromatic N) is 3. The zero-order valence-corrected chi connectivity index (χ0v) is 19.7. The molecular weight excluding hydrogens is 446 g/mol. The van der Waals surface area contributed by atoms with E-state index in [1.165, 1.54) is 11.8 Å². The normalized spacial score (nSPS) is 17.9. The van der Waals surface area contributed by atoms with E-state index in [1.54, 1.807) is 4.90 Å². The Morgan fingerprint density at radius 2 is 1.71 bits per heavy atom. The van der Waals surface area contributed by atoms with Gasteiger partial charge in [-0.1, -0.05) is 78.5 Å². The molecule has 0 unspecified atom stereocenters. The largest absolute Gasteiger partial charge is 0.479 e. The van der Waals surface area contributed by atoms with Crippen LogP contribution in [0.5, 0.6) is 0 Å². The molecule has 0 bridgehead atoms. The standard InChI is InChI=1S/C27H25N3O3S/c1-29-23-15-8-7-14-22(23)28-26(29)34-18-24(31)30-17-9-16-27(30,25(32)33)21-13-6-5-12-20(21)19-10-3-2-4-11-19/h2-8,10-15H,9,16-18H2,1H3,(H,32,33)/t27-/m1/s1. The molecule has 1 saturated heterocycles. The maximum atomic E-state index is 13.5. The number of amides is 1. The zero-order valence-electron chi connectivity index (χ0n) is 18.8. The summed E-state index contributed by atoms with van der Waals surface area (Å²) >= 11 is 1.34. The molecule has 3 aromatic carbocycles. The molecule has 6 nitrogen and oxygen atoms in total. The number of likely N-dealkylation sites (tertiary alicyclic amines) is 1. The average Bonchev–Trinajstić information content (AvgIpc) is 3.46. The topological polar surface area (TPSA) is 75.4 Å². The van der Waals surface area contributed by atoms with Crippen LogP contribution >= 0.6 is 11.8 Å². The smallest absolute Gasteiger partial charge is 0.334 e. The molecule has 0 spiro atoms. The van der Waals surface area contributed by atoms with Crippen LogP contribution in [-0.4, -0.2) is 43.7 Å². The number of carboxylic acid groups (broad SMARTS) is 1. The van der Waals surface area contributed by atoms with Crippen molar-refractivity contribution >= 4 is 34.7 Å². The predicted molar refractivity (Wildman–Crippen MR) is 134 cm³/mol. The summed E-state index contributed by atoms with van der Waals surface area (Å²) in [4.78, 5) is 32.5. The first-order chi connectivity index (χ1) is 16.5. The number of rotatable bonds is 6. The zero-order chi connectivity index (χ0) is 23.7. The monoisotopic (exact) mass is 471 g/mol. The lowest BCUT2D eigenvalue weighted by molar-refractivity contribution is -0.156. The third-order valence-electron chi connectivity index (χ3n) is 6.56. The molecule has 0 radical (unpaired) electrons. The number of para-hydroxylation sites is 2. The highest BCUT2D eigenvalue weighted by atomic mass is 32.2. The van der Waals surface area contributed by atoms with Gasteiger partial charge in [-0.05, 0) is 41.7 Å². The number of hydrogen-bond acceptors (Lipinski definition) is 4. The molecular formula is C27H25N3O3S. The molecule has 2 heterocycles. The molecule has 172 valence electrons. The summed E-state index contributed by atoms with van der Waals surface area (Å²) in [6.45, 7) is 0.414. The van der Waals surface area contributed by atoms with Gasteiger partial charge < -0.3 is 14.6 Å². The molecule has 4 aromatic rings. The Hall–Kier alpha value is -3.58. The van der Waals surface area contributed by atoms with E-state index in [4.69, 9.17) is 0 Å². The molecule has 1 aliphatic heterocycles. The Morgan fingerprint density at radius 3 is 2.47 bits per heavy atom. The maximum absolute atomic E-state index is 13.5. The number of benzene rings is 3. The molecule has 1 amide bonds. The van der Waals surface area contributed by atoms with Crippen molar-refractivity contribution in [1.82, 2.24) is 14.5 Å². The van der Waals surface area contributed by atoms with Crippen molar-refractivity contribution < 1.29 is 14.7 Å². The van der Waals surface area contributed by atoms with E-state index in [-0.39, 0.29) is 11.7 Å². The van der Waals surface area contributed by atoms with Gasteiger partial charge in [0.25, 0.3) is 0 Å². The van der Waals surface area contributed by atoms with Crippen molar-refractivity contribution in [2.75, 3.05) is 12.3 Å². The Balaban J connectivity index is 1.48. The van der Waals surface area contributed by atoms with E-state index in [1.807, 2.05) is 90.5 Å². The highest BCUT2D eigenvalue weighted by Crippen LogP contribution is 2.44. The molecule has 34 heavy (non-hydrogen) atoms. The summed E-state index contributed by atoms with van der Waals surface area (Å²) in [5.41, 5.74) is 2.91. The second-order valence-corrected chi connectivity index (χ2v) is 9.40. The van der Waals surface area contributed by atoms with Crippen molar-refractivity contribution in [3.8, 4) is 11.1 Å². The molecule has 0 saturated carbocycles. The molecule has 1 N–H and O–H groups in total. The van der Waals surface area contributed by atoms with Gasteiger partial charge in [0.2, 0.25) is 5.91 Å². The quantitative estimate of drug-likeness (QED) is 0.404. The summed E-state index contributed by atoms with van der Waals surface area (Å²) in [6, 6.07) is 25.1. The van der Waals surface area contributed by atoms with E-state index in [0.717, 1.165) is 27.3 Å². The van der Waals surface area contributed by atoms with Gasteiger partial charge in [0, 0.05) is 13.6 Å². The minimum atomic E-state index is -1.39. The summed E-state index contributed by atoms with van der Waals surface area (Å²) in [5, 5.41) is 11.3. The van der Waals surface area contributed by atoms with Crippen LogP contribution in [0.25, 0.3) is 22.2 Å². The number of imidazole rings is 1. The fourth-order valence-electron chi connectivity index (χ4n) is 4.94. The minimum absolute atomic E-state index is 0.125. The Bertz CT molecular complexity index is 1370. The number of aromatic nitrogens is 2. The van der Waals surface area contributed by atoms with E-state index in [0.29, 0.717) is 24.9 Å². The molecule has 7 heteroatoms. The Labute approximate surface area is 202 Å². The van der Waals surface area contributed by atoms with Crippen LogP contribution in [0.4, 0.5) is 0 Å². The third-order valence-corrected chi connectivity index (χ3v) is 7.58. The van der Waals surface area contributed by atoms with Crippen molar-refractivity contribution in [3.05, 3.63) is 84.4 Å². The van der Waals surface area contributed by atoms with Crippen molar-refractivity contribution in [3.63, 3.8) is 0 Å². The first kappa shape index (κ1) is 22.2. The number of carbonyl (C=O) groups excluding carboxylic acids is 1. The fourth-order valence-corrected chi connectivity index (χ4v) is 5.81. The van der Waals surface area contributed by atoms with Crippen LogP contribution in [0.2, 0.25) is 0 Å². The second-order valence-electron chi connectivity index (χ2n) is 8.46. The SMILES string of the molecule is Cn1c(SCC(=O)N2CCC[C@]2(C(=O)O)c2ccccc2-c2ccccc2)nc2ccccc21. The molecule has 1 fully saturated rings. The molecule has 1 aliphatic rings. The van der Waals surface area contributed by atoms with E-state index in [2.05, 4.69) is 4.98 Å². The number of carbonyl (C=O) groups is 2. The fraction of sp³-hybridized carbons (Fsp3) is 0.222. The summed E-state index contributed by atoms with van der Waals surface area (Å²) in [7, 11) is 1.93. The van der Waals surface area contributed by atoms with Gasteiger partial charge in [-0.15, -0.1) is 0 Å². The van der Waals surface area contributed by atoms with Gasteiger partial charge in [0.05, 0.1) is 16.8 Å². The van der Waals surface area contributed by atoms with Gasteiger partial charge in [0.1, 0.15) is 0 Å². The summed E-state index contributed by atoms with van der Waals surface area (Å²) in [5.74, 6) is -1.06. The highest BCUT2D eigenvalue weighted by Gasteiger charge is 2.52. The lowest BCUT2D eigenvalue weighted by Gasteiger charge is -2.36. The van der Waals surface area contributed by atoms with Gasteiger partial charge in [-0.3, -0.25) is 4.79 Å². The minimum Gasteiger partial charge on any atom is -0.479 e. The van der Waals surface area contributed by atoms with Crippen LogP contribution in [-0.2, 0) is 22.2 Å². The molecule has 0 aliphatic carbocycles. The summed E-state index contributed by atoms with van der Waals surface area (Å²) < 4.78 is 1.96. The molecule has 1 atom stereocenters. The van der Waals surface area contributed by atoms with Crippen LogP contribution in [0.1, 0.15) is 18.4 Å². The van der Waals surface area contributed by atoms with Crippen LogP contribution in [0.3, 0.4) is 0 Å². The third kappa shape index (κ3) is 3.66. The summed E-state index contributed by atoms with van der Waals surface area (Å²) in [6.07, 6.45) is 1.02. The number of thioether (sulfide) groups is 1. The van der Waals surface area contributed by atoms with E-state index < -0.39 is 11.5 Å².